The van der Waals surface area contributed by atoms with Crippen molar-refractivity contribution in [3.63, 3.8) is 0 Å². The third-order valence-electron chi connectivity index (χ3n) is 1.54. The molecule has 0 saturated carbocycles. The van der Waals surface area contributed by atoms with Crippen molar-refractivity contribution < 1.29 is 4.39 Å². The van der Waals surface area contributed by atoms with Crippen molar-refractivity contribution >= 4 is 22.6 Å². The van der Waals surface area contributed by atoms with Crippen molar-refractivity contribution in [3.8, 4) is 0 Å². The van der Waals surface area contributed by atoms with Crippen LogP contribution in [0.3, 0.4) is 0 Å². The SMILES string of the molecule is CC(N)Cc1ccc(F)c(I)c1. The van der Waals surface area contributed by atoms with Gasteiger partial charge in [0, 0.05) is 9.61 Å². The van der Waals surface area contributed by atoms with E-state index in [4.69, 9.17) is 5.73 Å². The summed E-state index contributed by atoms with van der Waals surface area (Å²) in [6.45, 7) is 1.94. The van der Waals surface area contributed by atoms with Crippen molar-refractivity contribution in [1.82, 2.24) is 0 Å². The smallest absolute Gasteiger partial charge is 0.136 e. The predicted octanol–water partition coefficient (Wildman–Crippen LogP) is 2.32. The van der Waals surface area contributed by atoms with Crippen LogP contribution >= 0.6 is 22.6 Å². The van der Waals surface area contributed by atoms with Crippen molar-refractivity contribution in [1.29, 1.82) is 0 Å². The van der Waals surface area contributed by atoms with E-state index in [1.54, 1.807) is 6.07 Å². The molecule has 3 heteroatoms. The summed E-state index contributed by atoms with van der Waals surface area (Å²) in [6.07, 6.45) is 0.802. The summed E-state index contributed by atoms with van der Waals surface area (Å²) in [6, 6.07) is 5.23. The molecule has 0 amide bonds. The Morgan fingerprint density at radius 3 is 2.75 bits per heavy atom. The molecular formula is C9H11FIN. The second-order valence-electron chi connectivity index (χ2n) is 2.93. The summed E-state index contributed by atoms with van der Waals surface area (Å²) in [7, 11) is 0. The molecule has 1 rings (SSSR count). The van der Waals surface area contributed by atoms with Gasteiger partial charge >= 0.3 is 0 Å². The highest BCUT2D eigenvalue weighted by molar-refractivity contribution is 14.1. The molecule has 66 valence electrons. The largest absolute Gasteiger partial charge is 0.328 e. The first-order valence-corrected chi connectivity index (χ1v) is 4.87. The standard InChI is InChI=1S/C9H11FIN/c1-6(12)4-7-2-3-8(10)9(11)5-7/h2-3,5-6H,4,12H2,1H3. The molecule has 0 spiro atoms. The normalized spacial score (nSPS) is 13.0. The second-order valence-corrected chi connectivity index (χ2v) is 4.09. The summed E-state index contributed by atoms with van der Waals surface area (Å²) >= 11 is 1.98. The van der Waals surface area contributed by atoms with Gasteiger partial charge in [-0.2, -0.15) is 0 Å². The summed E-state index contributed by atoms with van der Waals surface area (Å²) < 4.78 is 13.5. The van der Waals surface area contributed by atoms with E-state index < -0.39 is 0 Å². The van der Waals surface area contributed by atoms with Crippen molar-refractivity contribution in [2.45, 2.75) is 19.4 Å². The van der Waals surface area contributed by atoms with E-state index in [-0.39, 0.29) is 11.9 Å². The van der Waals surface area contributed by atoms with Gasteiger partial charge in [-0.15, -0.1) is 0 Å². The van der Waals surface area contributed by atoms with Gasteiger partial charge in [0.05, 0.1) is 0 Å². The minimum atomic E-state index is -0.163. The van der Waals surface area contributed by atoms with Crippen LogP contribution in [0.1, 0.15) is 12.5 Å². The first-order chi connectivity index (χ1) is 5.59. The Labute approximate surface area is 85.3 Å². The van der Waals surface area contributed by atoms with Gasteiger partial charge in [0.2, 0.25) is 0 Å². The maximum Gasteiger partial charge on any atom is 0.136 e. The van der Waals surface area contributed by atoms with E-state index in [0.717, 1.165) is 12.0 Å². The molecule has 1 unspecified atom stereocenters. The highest BCUT2D eigenvalue weighted by Gasteiger charge is 2.01. The molecule has 1 aromatic carbocycles. The highest BCUT2D eigenvalue weighted by atomic mass is 127. The van der Waals surface area contributed by atoms with Crippen LogP contribution in [0, 0.1) is 9.39 Å². The van der Waals surface area contributed by atoms with Crippen molar-refractivity contribution in [3.05, 3.63) is 33.1 Å². The van der Waals surface area contributed by atoms with Crippen LogP contribution in [0.2, 0.25) is 0 Å². The molecule has 0 heterocycles. The van der Waals surface area contributed by atoms with Crippen LogP contribution < -0.4 is 5.73 Å². The van der Waals surface area contributed by atoms with Gasteiger partial charge in [-0.25, -0.2) is 4.39 Å². The average molecular weight is 279 g/mol. The lowest BCUT2D eigenvalue weighted by atomic mass is 10.1. The Balaban J connectivity index is 2.82. The zero-order valence-corrected chi connectivity index (χ0v) is 9.01. The molecule has 0 aromatic heterocycles. The maximum absolute atomic E-state index is 12.8. The fourth-order valence-corrected chi connectivity index (χ4v) is 1.62. The maximum atomic E-state index is 12.8. The van der Waals surface area contributed by atoms with E-state index in [9.17, 15) is 4.39 Å². The lowest BCUT2D eigenvalue weighted by molar-refractivity contribution is 0.618. The van der Waals surface area contributed by atoms with Crippen LogP contribution in [-0.2, 0) is 6.42 Å². The third-order valence-corrected chi connectivity index (χ3v) is 2.37. The van der Waals surface area contributed by atoms with Crippen LogP contribution in [0.25, 0.3) is 0 Å². The summed E-state index contributed by atoms with van der Waals surface area (Å²) in [5.74, 6) is -0.163. The van der Waals surface area contributed by atoms with Gasteiger partial charge in [0.1, 0.15) is 5.82 Å². The van der Waals surface area contributed by atoms with Gasteiger partial charge in [0.25, 0.3) is 0 Å². The molecule has 2 N–H and O–H groups in total. The number of nitrogens with two attached hydrogens (primary N) is 1. The fourth-order valence-electron chi connectivity index (χ4n) is 1.04. The summed E-state index contributed by atoms with van der Waals surface area (Å²) in [4.78, 5) is 0. The second kappa shape index (κ2) is 4.18. The topological polar surface area (TPSA) is 26.0 Å². The van der Waals surface area contributed by atoms with Gasteiger partial charge < -0.3 is 5.73 Å². The lowest BCUT2D eigenvalue weighted by Gasteiger charge is -2.05. The zero-order chi connectivity index (χ0) is 9.14. The van der Waals surface area contributed by atoms with Crippen LogP contribution in [-0.4, -0.2) is 6.04 Å². The third kappa shape index (κ3) is 2.71. The van der Waals surface area contributed by atoms with Crippen LogP contribution in [0.15, 0.2) is 18.2 Å². The average Bonchev–Trinajstić information content (AvgIpc) is 1.96. The molecule has 1 nitrogen and oxygen atoms in total. The van der Waals surface area contributed by atoms with Gasteiger partial charge in [-0.05, 0) is 53.6 Å². The molecule has 0 fully saturated rings. The predicted molar refractivity (Wildman–Crippen MR) is 56.5 cm³/mol. The molecular weight excluding hydrogens is 268 g/mol. The molecule has 0 saturated heterocycles. The quantitative estimate of drug-likeness (QED) is 0.826. The number of hydrogen-bond acceptors (Lipinski definition) is 1. The Morgan fingerprint density at radius 2 is 2.25 bits per heavy atom. The van der Waals surface area contributed by atoms with Gasteiger partial charge in [-0.3, -0.25) is 0 Å². The molecule has 0 radical (unpaired) electrons. The minimum Gasteiger partial charge on any atom is -0.328 e. The van der Waals surface area contributed by atoms with Gasteiger partial charge in [-0.1, -0.05) is 6.07 Å². The van der Waals surface area contributed by atoms with Crippen molar-refractivity contribution in [2.75, 3.05) is 0 Å². The number of hydrogen-bond donors (Lipinski definition) is 1. The lowest BCUT2D eigenvalue weighted by Crippen LogP contribution is -2.17. The highest BCUT2D eigenvalue weighted by Crippen LogP contribution is 2.13. The number of halogens is 2. The Hall–Kier alpha value is -0.160. The minimum absolute atomic E-state index is 0.131. The zero-order valence-electron chi connectivity index (χ0n) is 6.85. The van der Waals surface area contributed by atoms with E-state index in [1.807, 2.05) is 35.6 Å². The number of benzene rings is 1. The molecule has 1 atom stereocenters. The molecule has 0 aliphatic heterocycles. The summed E-state index contributed by atoms with van der Waals surface area (Å²) in [5, 5.41) is 0. The van der Waals surface area contributed by atoms with Crippen molar-refractivity contribution in [2.24, 2.45) is 5.73 Å². The fraction of sp³-hybridized carbons (Fsp3) is 0.333. The molecule has 0 bridgehead atoms. The molecule has 0 aliphatic rings. The van der Waals surface area contributed by atoms with E-state index >= 15 is 0 Å². The Morgan fingerprint density at radius 1 is 1.58 bits per heavy atom. The Bertz CT molecular complexity index is 273. The first-order valence-electron chi connectivity index (χ1n) is 3.79. The first kappa shape index (κ1) is 9.92. The molecule has 1 aromatic rings. The monoisotopic (exact) mass is 279 g/mol. The van der Waals surface area contributed by atoms with E-state index in [2.05, 4.69) is 0 Å². The van der Waals surface area contributed by atoms with Crippen LogP contribution in [0.5, 0.6) is 0 Å². The van der Waals surface area contributed by atoms with E-state index in [0.29, 0.717) is 3.57 Å². The summed E-state index contributed by atoms with van der Waals surface area (Å²) in [5.41, 5.74) is 6.71. The molecule has 12 heavy (non-hydrogen) atoms. The van der Waals surface area contributed by atoms with E-state index in [1.165, 1.54) is 6.07 Å². The van der Waals surface area contributed by atoms with Gasteiger partial charge in [0.15, 0.2) is 0 Å². The number of rotatable bonds is 2. The molecule has 0 aliphatic carbocycles. The Kier molecular flexibility index (Phi) is 3.46. The van der Waals surface area contributed by atoms with Crippen LogP contribution in [0.4, 0.5) is 4.39 Å².